The summed E-state index contributed by atoms with van der Waals surface area (Å²) in [6.07, 6.45) is 5.54. The van der Waals surface area contributed by atoms with Gasteiger partial charge in [-0.05, 0) is 60.7 Å². The molecule has 2 aromatic carbocycles. The third-order valence-corrected chi connectivity index (χ3v) is 6.28. The summed E-state index contributed by atoms with van der Waals surface area (Å²) in [5, 5.41) is 3.71. The van der Waals surface area contributed by atoms with Crippen LogP contribution in [0.1, 0.15) is 46.8 Å². The third kappa shape index (κ3) is 2.37. The maximum atomic E-state index is 11.8. The smallest absolute Gasteiger partial charge is 0.231 e. The highest BCUT2D eigenvalue weighted by Crippen LogP contribution is 2.52. The van der Waals surface area contributed by atoms with Crippen molar-refractivity contribution in [3.8, 4) is 11.5 Å². The van der Waals surface area contributed by atoms with E-state index in [0.717, 1.165) is 33.6 Å². The second kappa shape index (κ2) is 5.88. The minimum Gasteiger partial charge on any atom is -0.454 e. The van der Waals surface area contributed by atoms with Gasteiger partial charge in [-0.1, -0.05) is 28.1 Å². The molecule has 26 heavy (non-hydrogen) atoms. The fourth-order valence-corrected chi connectivity index (χ4v) is 4.86. The molecule has 0 radical (unpaired) electrons. The molecule has 0 saturated carbocycles. The summed E-state index contributed by atoms with van der Waals surface area (Å²) in [6.45, 7) is 1.89. The lowest BCUT2D eigenvalue weighted by atomic mass is 9.76. The topological polar surface area (TPSA) is 47.6 Å². The van der Waals surface area contributed by atoms with Crippen molar-refractivity contribution >= 4 is 27.4 Å². The van der Waals surface area contributed by atoms with Crippen molar-refractivity contribution in [2.24, 2.45) is 5.92 Å². The van der Waals surface area contributed by atoms with E-state index in [1.165, 1.54) is 11.1 Å². The number of rotatable bonds is 2. The lowest BCUT2D eigenvalue weighted by Gasteiger charge is -2.38. The molecule has 0 aromatic heterocycles. The largest absolute Gasteiger partial charge is 0.454 e. The van der Waals surface area contributed by atoms with Gasteiger partial charge in [-0.3, -0.25) is 4.79 Å². The number of fused-ring (bicyclic) bond motifs is 4. The molecule has 2 heterocycles. The van der Waals surface area contributed by atoms with Crippen molar-refractivity contribution in [2.75, 3.05) is 12.1 Å². The maximum absolute atomic E-state index is 11.8. The van der Waals surface area contributed by atoms with Crippen LogP contribution in [0.15, 0.2) is 47.0 Å². The first-order valence-corrected chi connectivity index (χ1v) is 9.58. The summed E-state index contributed by atoms with van der Waals surface area (Å²) in [5.74, 6) is 2.40. The molecule has 0 bridgehead atoms. The quantitative estimate of drug-likeness (QED) is 0.544. The molecule has 5 heteroatoms. The molecule has 3 atom stereocenters. The lowest BCUT2D eigenvalue weighted by molar-refractivity contribution is 0.101. The van der Waals surface area contributed by atoms with Crippen LogP contribution in [0.25, 0.3) is 0 Å². The molecule has 1 aliphatic carbocycles. The van der Waals surface area contributed by atoms with Gasteiger partial charge in [0.05, 0.1) is 6.04 Å². The summed E-state index contributed by atoms with van der Waals surface area (Å²) >= 11 is 3.71. The maximum Gasteiger partial charge on any atom is 0.231 e. The molecular formula is C21H18BrNO3. The average Bonchev–Trinajstić information content (AvgIpc) is 3.29. The summed E-state index contributed by atoms with van der Waals surface area (Å²) in [5.41, 5.74) is 4.25. The van der Waals surface area contributed by atoms with E-state index in [4.69, 9.17) is 9.47 Å². The SMILES string of the molecule is CC(=O)c1ccc2c(c1)[C@H]1C=CC[C@H]1[C@H](c1cc3c(cc1Br)OCO3)N2. The Labute approximate surface area is 160 Å². The lowest BCUT2D eigenvalue weighted by Crippen LogP contribution is -2.29. The zero-order valence-corrected chi connectivity index (χ0v) is 15.9. The summed E-state index contributed by atoms with van der Waals surface area (Å²) in [7, 11) is 0. The van der Waals surface area contributed by atoms with Crippen LogP contribution in [-0.2, 0) is 0 Å². The van der Waals surface area contributed by atoms with Gasteiger partial charge >= 0.3 is 0 Å². The highest BCUT2D eigenvalue weighted by molar-refractivity contribution is 9.10. The Hall–Kier alpha value is -2.27. The van der Waals surface area contributed by atoms with Crippen LogP contribution in [-0.4, -0.2) is 12.6 Å². The van der Waals surface area contributed by atoms with E-state index in [1.54, 1.807) is 6.92 Å². The van der Waals surface area contributed by atoms with Crippen LogP contribution in [0, 0.1) is 5.92 Å². The van der Waals surface area contributed by atoms with Crippen LogP contribution < -0.4 is 14.8 Å². The Balaban J connectivity index is 1.59. The normalized spacial score (nSPS) is 24.8. The van der Waals surface area contributed by atoms with E-state index < -0.39 is 0 Å². The van der Waals surface area contributed by atoms with Gasteiger partial charge in [0.2, 0.25) is 6.79 Å². The van der Waals surface area contributed by atoms with E-state index in [9.17, 15) is 4.79 Å². The summed E-state index contributed by atoms with van der Waals surface area (Å²) < 4.78 is 12.1. The van der Waals surface area contributed by atoms with E-state index in [2.05, 4.69) is 39.5 Å². The Morgan fingerprint density at radius 3 is 2.77 bits per heavy atom. The molecule has 5 rings (SSSR count). The van der Waals surface area contributed by atoms with Gasteiger partial charge in [0.1, 0.15) is 0 Å². The zero-order valence-electron chi connectivity index (χ0n) is 14.3. The Morgan fingerprint density at radius 1 is 1.15 bits per heavy atom. The monoisotopic (exact) mass is 411 g/mol. The third-order valence-electron chi connectivity index (χ3n) is 5.60. The zero-order chi connectivity index (χ0) is 17.8. The van der Waals surface area contributed by atoms with Crippen molar-refractivity contribution in [1.29, 1.82) is 0 Å². The van der Waals surface area contributed by atoms with Gasteiger partial charge in [-0.25, -0.2) is 0 Å². The minimum absolute atomic E-state index is 0.104. The Morgan fingerprint density at radius 2 is 1.96 bits per heavy atom. The van der Waals surface area contributed by atoms with Gasteiger partial charge in [0.25, 0.3) is 0 Å². The van der Waals surface area contributed by atoms with Crippen LogP contribution in [0.2, 0.25) is 0 Å². The van der Waals surface area contributed by atoms with E-state index in [-0.39, 0.29) is 18.6 Å². The number of halogens is 1. The Bertz CT molecular complexity index is 953. The highest BCUT2D eigenvalue weighted by Gasteiger charge is 2.39. The number of hydrogen-bond acceptors (Lipinski definition) is 4. The Kier molecular flexibility index (Phi) is 3.60. The number of ketones is 1. The molecule has 4 nitrogen and oxygen atoms in total. The first kappa shape index (κ1) is 15.9. The second-order valence-corrected chi connectivity index (χ2v) is 7.92. The van der Waals surface area contributed by atoms with E-state index in [1.807, 2.05) is 24.3 Å². The molecule has 1 N–H and O–H groups in total. The number of nitrogens with one attached hydrogen (secondary N) is 1. The molecule has 132 valence electrons. The predicted molar refractivity (Wildman–Crippen MR) is 103 cm³/mol. The molecule has 2 aliphatic heterocycles. The number of carbonyl (C=O) groups is 1. The molecule has 0 unspecified atom stereocenters. The van der Waals surface area contributed by atoms with Crippen molar-refractivity contribution in [1.82, 2.24) is 0 Å². The van der Waals surface area contributed by atoms with Crippen LogP contribution >= 0.6 is 15.9 Å². The number of hydrogen-bond donors (Lipinski definition) is 1. The van der Waals surface area contributed by atoms with E-state index in [0.29, 0.717) is 11.8 Å². The number of allylic oxidation sites excluding steroid dienone is 2. The molecule has 3 aliphatic rings. The first-order valence-electron chi connectivity index (χ1n) is 8.79. The fourth-order valence-electron chi connectivity index (χ4n) is 4.29. The van der Waals surface area contributed by atoms with Gasteiger partial charge in [-0.15, -0.1) is 0 Å². The molecule has 0 fully saturated rings. The predicted octanol–water partition coefficient (Wildman–Crippen LogP) is 5.21. The number of anilines is 1. The van der Waals surface area contributed by atoms with Gasteiger partial charge in [-0.2, -0.15) is 0 Å². The standard InChI is InChI=1S/C21H18BrNO3/c1-11(24)12-5-6-18-15(7-12)13-3-2-4-14(13)21(23-18)16-8-19-20(9-17(16)22)26-10-25-19/h2-3,5-9,13-14,21,23H,4,10H2,1H3/t13-,14+,21+/m0/s1. The van der Waals surface area contributed by atoms with Crippen molar-refractivity contribution < 1.29 is 14.3 Å². The average molecular weight is 412 g/mol. The number of benzene rings is 2. The summed E-state index contributed by atoms with van der Waals surface area (Å²) in [4.78, 5) is 11.8. The molecule has 2 aromatic rings. The second-order valence-electron chi connectivity index (χ2n) is 7.06. The first-order chi connectivity index (χ1) is 12.6. The van der Waals surface area contributed by atoms with Crippen LogP contribution in [0.5, 0.6) is 11.5 Å². The van der Waals surface area contributed by atoms with E-state index >= 15 is 0 Å². The number of carbonyl (C=O) groups excluding carboxylic acids is 1. The van der Waals surface area contributed by atoms with Crippen molar-refractivity contribution in [2.45, 2.75) is 25.3 Å². The van der Waals surface area contributed by atoms with Gasteiger partial charge in [0.15, 0.2) is 17.3 Å². The molecular weight excluding hydrogens is 394 g/mol. The fraction of sp³-hybridized carbons (Fsp3) is 0.286. The highest BCUT2D eigenvalue weighted by atomic mass is 79.9. The van der Waals surface area contributed by atoms with Gasteiger partial charge in [0, 0.05) is 21.6 Å². The van der Waals surface area contributed by atoms with Crippen LogP contribution in [0.4, 0.5) is 5.69 Å². The van der Waals surface area contributed by atoms with Crippen molar-refractivity contribution in [3.63, 3.8) is 0 Å². The summed E-state index contributed by atoms with van der Waals surface area (Å²) in [6, 6.07) is 10.2. The number of ether oxygens (including phenoxy) is 2. The van der Waals surface area contributed by atoms with Gasteiger partial charge < -0.3 is 14.8 Å². The number of Topliss-reactive ketones (excluding diaryl/α,β-unsaturated/α-hetero) is 1. The molecule has 0 amide bonds. The van der Waals surface area contributed by atoms with Crippen LogP contribution in [0.3, 0.4) is 0 Å². The molecule has 0 spiro atoms. The van der Waals surface area contributed by atoms with Crippen molar-refractivity contribution in [3.05, 3.63) is 63.6 Å². The minimum atomic E-state index is 0.104. The molecule has 0 saturated heterocycles.